The van der Waals surface area contributed by atoms with Gasteiger partial charge in [-0.2, -0.15) is 0 Å². The Morgan fingerprint density at radius 3 is 2.47 bits per heavy atom. The number of anilines is 2. The molecule has 0 spiro atoms. The number of nitrogens with one attached hydrogen (secondary N) is 1. The van der Waals surface area contributed by atoms with Crippen LogP contribution in [0.5, 0.6) is 5.75 Å². The first-order valence-corrected chi connectivity index (χ1v) is 6.58. The monoisotopic (exact) mass is 296 g/mol. The quantitative estimate of drug-likeness (QED) is 0.646. The van der Waals surface area contributed by atoms with E-state index < -0.39 is 0 Å². The number of nitrogens with two attached hydrogens (primary N) is 1. The molecule has 0 aliphatic carbocycles. The highest BCUT2D eigenvalue weighted by atomic mass is 35.5. The minimum absolute atomic E-state index is 0.449. The van der Waals surface area contributed by atoms with Crippen molar-refractivity contribution in [3.8, 4) is 5.75 Å². The van der Waals surface area contributed by atoms with Gasteiger partial charge in [0.05, 0.1) is 21.4 Å². The molecule has 0 bridgehead atoms. The fraction of sp³-hybridized carbons (Fsp3) is 0.143. The summed E-state index contributed by atoms with van der Waals surface area (Å²) in [5.74, 6) is 0.839. The highest BCUT2D eigenvalue weighted by molar-refractivity contribution is 6.42. The third-order valence-electron chi connectivity index (χ3n) is 2.52. The van der Waals surface area contributed by atoms with Crippen molar-refractivity contribution in [3.63, 3.8) is 0 Å². The maximum atomic E-state index is 5.94. The summed E-state index contributed by atoms with van der Waals surface area (Å²) in [6, 6.07) is 13.0. The minimum atomic E-state index is 0.449. The van der Waals surface area contributed by atoms with Gasteiger partial charge in [-0.15, -0.1) is 0 Å². The zero-order valence-electron chi connectivity index (χ0n) is 10.2. The van der Waals surface area contributed by atoms with Crippen LogP contribution in [-0.2, 0) is 0 Å². The lowest BCUT2D eigenvalue weighted by molar-refractivity contribution is 0.333. The van der Waals surface area contributed by atoms with Gasteiger partial charge in [-0.25, -0.2) is 0 Å². The third kappa shape index (κ3) is 3.94. The number of benzene rings is 2. The van der Waals surface area contributed by atoms with Crippen LogP contribution in [0.15, 0.2) is 42.5 Å². The molecule has 0 saturated carbocycles. The van der Waals surface area contributed by atoms with E-state index in [2.05, 4.69) is 5.32 Å². The average molecular weight is 297 g/mol. The summed E-state index contributed by atoms with van der Waals surface area (Å²) in [7, 11) is 0. The molecule has 0 unspecified atom stereocenters. The van der Waals surface area contributed by atoms with Crippen LogP contribution in [0.1, 0.15) is 0 Å². The first-order valence-electron chi connectivity index (χ1n) is 5.83. The van der Waals surface area contributed by atoms with Gasteiger partial charge in [0.2, 0.25) is 0 Å². The molecule has 0 atom stereocenters. The van der Waals surface area contributed by atoms with Crippen molar-refractivity contribution >= 4 is 34.6 Å². The van der Waals surface area contributed by atoms with Gasteiger partial charge in [-0.05, 0) is 24.3 Å². The molecule has 0 amide bonds. The molecular formula is C14H14Cl2N2O. The summed E-state index contributed by atoms with van der Waals surface area (Å²) in [6.07, 6.45) is 0. The fourth-order valence-corrected chi connectivity index (χ4v) is 1.92. The van der Waals surface area contributed by atoms with Crippen molar-refractivity contribution < 1.29 is 4.74 Å². The van der Waals surface area contributed by atoms with Gasteiger partial charge in [0.15, 0.2) is 0 Å². The molecule has 3 nitrogen and oxygen atoms in total. The molecular weight excluding hydrogens is 283 g/mol. The Morgan fingerprint density at radius 2 is 1.74 bits per heavy atom. The maximum absolute atomic E-state index is 5.94. The van der Waals surface area contributed by atoms with Crippen LogP contribution < -0.4 is 15.8 Å². The molecule has 3 N–H and O–H groups in total. The number of para-hydroxylation sites is 1. The maximum Gasteiger partial charge on any atom is 0.119 e. The predicted octanol–water partition coefficient (Wildman–Crippen LogP) is 4.07. The summed E-state index contributed by atoms with van der Waals surface area (Å²) >= 11 is 11.8. The van der Waals surface area contributed by atoms with Gasteiger partial charge in [-0.3, -0.25) is 0 Å². The predicted molar refractivity (Wildman–Crippen MR) is 81.3 cm³/mol. The first kappa shape index (κ1) is 13.8. The van der Waals surface area contributed by atoms with E-state index in [9.17, 15) is 0 Å². The Hall–Kier alpha value is -1.58. The molecule has 0 heterocycles. The Morgan fingerprint density at radius 1 is 1.05 bits per heavy atom. The topological polar surface area (TPSA) is 47.3 Å². The van der Waals surface area contributed by atoms with Gasteiger partial charge in [0, 0.05) is 6.54 Å². The van der Waals surface area contributed by atoms with Crippen LogP contribution in [-0.4, -0.2) is 13.2 Å². The molecule has 100 valence electrons. The van der Waals surface area contributed by atoms with Crippen LogP contribution in [0.3, 0.4) is 0 Å². The normalized spacial score (nSPS) is 10.2. The van der Waals surface area contributed by atoms with Crippen LogP contribution >= 0.6 is 23.2 Å². The van der Waals surface area contributed by atoms with E-state index >= 15 is 0 Å². The van der Waals surface area contributed by atoms with Gasteiger partial charge in [0.1, 0.15) is 12.4 Å². The van der Waals surface area contributed by atoms with Crippen molar-refractivity contribution in [1.82, 2.24) is 0 Å². The molecule has 2 aromatic carbocycles. The Balaban J connectivity index is 1.85. The molecule has 5 heteroatoms. The summed E-state index contributed by atoms with van der Waals surface area (Å²) in [5.41, 5.74) is 7.16. The van der Waals surface area contributed by atoms with E-state index in [1.54, 1.807) is 12.1 Å². The van der Waals surface area contributed by atoms with Crippen LogP contribution in [0.2, 0.25) is 10.0 Å². The molecule has 0 fully saturated rings. The van der Waals surface area contributed by atoms with E-state index in [1.165, 1.54) is 0 Å². The van der Waals surface area contributed by atoms with Gasteiger partial charge < -0.3 is 15.8 Å². The fourth-order valence-electron chi connectivity index (χ4n) is 1.59. The summed E-state index contributed by atoms with van der Waals surface area (Å²) in [5, 5.41) is 4.08. The molecule has 0 aliphatic rings. The Labute approximate surface area is 122 Å². The van der Waals surface area contributed by atoms with E-state index in [1.807, 2.05) is 30.3 Å². The van der Waals surface area contributed by atoms with Gasteiger partial charge in [-0.1, -0.05) is 41.4 Å². The van der Waals surface area contributed by atoms with Gasteiger partial charge >= 0.3 is 0 Å². The van der Waals surface area contributed by atoms with Gasteiger partial charge in [0.25, 0.3) is 0 Å². The van der Waals surface area contributed by atoms with Crippen molar-refractivity contribution in [1.29, 1.82) is 0 Å². The zero-order chi connectivity index (χ0) is 13.7. The van der Waals surface area contributed by atoms with Crippen LogP contribution in [0.4, 0.5) is 11.4 Å². The summed E-state index contributed by atoms with van der Waals surface area (Å²) < 4.78 is 5.56. The zero-order valence-corrected chi connectivity index (χ0v) is 11.7. The number of hydrogen-bond donors (Lipinski definition) is 2. The summed E-state index contributed by atoms with van der Waals surface area (Å²) in [6.45, 7) is 1.15. The lowest BCUT2D eigenvalue weighted by atomic mass is 10.2. The highest BCUT2D eigenvalue weighted by Gasteiger charge is 2.04. The smallest absolute Gasteiger partial charge is 0.119 e. The largest absolute Gasteiger partial charge is 0.492 e. The lowest BCUT2D eigenvalue weighted by Crippen LogP contribution is -2.12. The number of ether oxygens (including phenoxy) is 1. The number of hydrogen-bond acceptors (Lipinski definition) is 3. The SMILES string of the molecule is Nc1cc(Cl)c(Cl)cc1NCCOc1ccccc1. The van der Waals surface area contributed by atoms with Crippen LogP contribution in [0, 0.1) is 0 Å². The third-order valence-corrected chi connectivity index (χ3v) is 3.24. The van der Waals surface area contributed by atoms with Crippen molar-refractivity contribution in [2.75, 3.05) is 24.2 Å². The standard InChI is InChI=1S/C14H14Cl2N2O/c15-11-8-13(17)14(9-12(11)16)18-6-7-19-10-4-2-1-3-5-10/h1-5,8-9,18H,6-7,17H2. The van der Waals surface area contributed by atoms with Crippen molar-refractivity contribution in [2.24, 2.45) is 0 Å². The molecule has 2 rings (SSSR count). The number of nitrogen functional groups attached to an aromatic ring is 1. The van der Waals surface area contributed by atoms with E-state index in [0.29, 0.717) is 28.9 Å². The second-order valence-corrected chi connectivity index (χ2v) is 4.76. The molecule has 0 aromatic heterocycles. The first-order chi connectivity index (χ1) is 9.16. The second kappa shape index (κ2) is 6.55. The molecule has 0 aliphatic heterocycles. The van der Waals surface area contributed by atoms with E-state index in [4.69, 9.17) is 33.7 Å². The molecule has 0 radical (unpaired) electrons. The van der Waals surface area contributed by atoms with Crippen molar-refractivity contribution in [3.05, 3.63) is 52.5 Å². The molecule has 0 saturated heterocycles. The minimum Gasteiger partial charge on any atom is -0.492 e. The molecule has 2 aromatic rings. The number of halogens is 2. The molecule has 19 heavy (non-hydrogen) atoms. The highest BCUT2D eigenvalue weighted by Crippen LogP contribution is 2.30. The lowest BCUT2D eigenvalue weighted by Gasteiger charge is -2.11. The van der Waals surface area contributed by atoms with Crippen molar-refractivity contribution in [2.45, 2.75) is 0 Å². The number of rotatable bonds is 5. The Kier molecular flexibility index (Phi) is 4.77. The Bertz CT molecular complexity index is 547. The average Bonchev–Trinajstić information content (AvgIpc) is 2.41. The van der Waals surface area contributed by atoms with Crippen LogP contribution in [0.25, 0.3) is 0 Å². The van der Waals surface area contributed by atoms with E-state index in [-0.39, 0.29) is 0 Å². The summed E-state index contributed by atoms with van der Waals surface area (Å²) in [4.78, 5) is 0. The second-order valence-electron chi connectivity index (χ2n) is 3.94. The van der Waals surface area contributed by atoms with E-state index in [0.717, 1.165) is 11.4 Å².